The molecule has 3 nitrogen and oxygen atoms in total. The van der Waals surface area contributed by atoms with E-state index < -0.39 is 0 Å². The van der Waals surface area contributed by atoms with Gasteiger partial charge in [-0.05, 0) is 69.5 Å². The van der Waals surface area contributed by atoms with Crippen LogP contribution in [0.25, 0.3) is 0 Å². The number of nitrogens with zero attached hydrogens (tertiary/aromatic N) is 2. The van der Waals surface area contributed by atoms with Crippen molar-refractivity contribution in [2.75, 3.05) is 26.7 Å². The SMILES string of the molecule is CNC(C#N)(CN1CCCC(C(C)(C)C)CC1)C1CC1. The maximum absolute atomic E-state index is 9.63. The molecule has 0 bridgehead atoms. The van der Waals surface area contributed by atoms with Gasteiger partial charge in [-0.3, -0.25) is 0 Å². The highest BCUT2D eigenvalue weighted by molar-refractivity contribution is 5.16. The van der Waals surface area contributed by atoms with Crippen molar-refractivity contribution in [3.05, 3.63) is 0 Å². The summed E-state index contributed by atoms with van der Waals surface area (Å²) in [6.07, 6.45) is 6.32. The van der Waals surface area contributed by atoms with Gasteiger partial charge >= 0.3 is 0 Å². The van der Waals surface area contributed by atoms with E-state index in [9.17, 15) is 5.26 Å². The number of rotatable bonds is 4. The Morgan fingerprint density at radius 2 is 1.80 bits per heavy atom. The van der Waals surface area contributed by atoms with Crippen LogP contribution in [0.5, 0.6) is 0 Å². The second-order valence-electron chi connectivity index (χ2n) is 7.88. The molecular weight excluding hydrogens is 246 g/mol. The number of hydrogen-bond donors (Lipinski definition) is 1. The standard InChI is InChI=1S/C17H31N3/c1-16(2,3)14-6-5-10-20(11-9-14)13-17(12-18,19-4)15-7-8-15/h14-15,19H,5-11,13H2,1-4H3. The normalized spacial score (nSPS) is 28.4. The molecule has 2 rings (SSSR count). The van der Waals surface area contributed by atoms with Crippen molar-refractivity contribution in [3.63, 3.8) is 0 Å². The summed E-state index contributed by atoms with van der Waals surface area (Å²) in [5, 5.41) is 13.0. The molecule has 0 aromatic carbocycles. The van der Waals surface area contributed by atoms with Crippen molar-refractivity contribution in [2.45, 2.75) is 58.4 Å². The average molecular weight is 277 g/mol. The predicted octanol–water partition coefficient (Wildman–Crippen LogP) is 3.03. The van der Waals surface area contributed by atoms with Crippen LogP contribution in [0.1, 0.15) is 52.9 Å². The first kappa shape index (κ1) is 15.8. The summed E-state index contributed by atoms with van der Waals surface area (Å²) in [7, 11) is 1.96. The third kappa shape index (κ3) is 3.54. The Morgan fingerprint density at radius 1 is 1.10 bits per heavy atom. The van der Waals surface area contributed by atoms with Crippen molar-refractivity contribution >= 4 is 0 Å². The minimum absolute atomic E-state index is 0.304. The zero-order chi connectivity index (χ0) is 14.8. The quantitative estimate of drug-likeness (QED) is 0.858. The van der Waals surface area contributed by atoms with E-state index in [1.165, 1.54) is 32.1 Å². The molecule has 2 fully saturated rings. The minimum atomic E-state index is -0.304. The van der Waals surface area contributed by atoms with Gasteiger partial charge < -0.3 is 10.2 Å². The van der Waals surface area contributed by atoms with Gasteiger partial charge in [0.05, 0.1) is 6.07 Å². The molecule has 2 aliphatic rings. The number of nitriles is 1. The van der Waals surface area contributed by atoms with Gasteiger partial charge in [-0.15, -0.1) is 0 Å². The predicted molar refractivity (Wildman–Crippen MR) is 83.4 cm³/mol. The highest BCUT2D eigenvalue weighted by Crippen LogP contribution is 2.40. The van der Waals surface area contributed by atoms with Gasteiger partial charge in [-0.25, -0.2) is 0 Å². The van der Waals surface area contributed by atoms with Crippen LogP contribution in [0.3, 0.4) is 0 Å². The van der Waals surface area contributed by atoms with Crippen LogP contribution in [0.4, 0.5) is 0 Å². The fraction of sp³-hybridized carbons (Fsp3) is 0.941. The molecule has 0 spiro atoms. The van der Waals surface area contributed by atoms with Crippen LogP contribution in [0, 0.1) is 28.6 Å². The molecule has 114 valence electrons. The van der Waals surface area contributed by atoms with Gasteiger partial charge in [0.15, 0.2) is 0 Å². The first-order chi connectivity index (χ1) is 9.41. The van der Waals surface area contributed by atoms with E-state index in [0.717, 1.165) is 25.6 Å². The monoisotopic (exact) mass is 277 g/mol. The third-order valence-electron chi connectivity index (χ3n) is 5.44. The molecule has 1 aliphatic heterocycles. The van der Waals surface area contributed by atoms with E-state index in [2.05, 4.69) is 37.1 Å². The molecule has 2 atom stereocenters. The van der Waals surface area contributed by atoms with Crippen molar-refractivity contribution in [1.29, 1.82) is 5.26 Å². The molecule has 0 aromatic rings. The Balaban J connectivity index is 1.95. The summed E-state index contributed by atoms with van der Waals surface area (Å²) in [5.41, 5.74) is 0.114. The van der Waals surface area contributed by atoms with Crippen LogP contribution in [0.15, 0.2) is 0 Å². The third-order valence-corrected chi connectivity index (χ3v) is 5.44. The van der Waals surface area contributed by atoms with Crippen molar-refractivity contribution in [2.24, 2.45) is 17.3 Å². The van der Waals surface area contributed by atoms with E-state index in [1.807, 2.05) is 7.05 Å². The zero-order valence-electron chi connectivity index (χ0n) is 13.7. The Labute approximate surface area is 124 Å². The van der Waals surface area contributed by atoms with Gasteiger partial charge in [-0.1, -0.05) is 20.8 Å². The molecule has 3 heteroatoms. The summed E-state index contributed by atoms with van der Waals surface area (Å²) in [6, 6.07) is 2.58. The Morgan fingerprint density at radius 3 is 2.30 bits per heavy atom. The summed E-state index contributed by atoms with van der Waals surface area (Å²) in [4.78, 5) is 2.53. The Hall–Kier alpha value is -0.590. The molecule has 1 saturated carbocycles. The van der Waals surface area contributed by atoms with Gasteiger partial charge in [0.2, 0.25) is 0 Å². The Kier molecular flexibility index (Phi) is 4.76. The lowest BCUT2D eigenvalue weighted by Crippen LogP contribution is -2.53. The van der Waals surface area contributed by atoms with Gasteiger partial charge in [0.25, 0.3) is 0 Å². The molecule has 0 aromatic heterocycles. The van der Waals surface area contributed by atoms with E-state index in [0.29, 0.717) is 11.3 Å². The van der Waals surface area contributed by atoms with E-state index in [-0.39, 0.29) is 5.54 Å². The molecule has 1 heterocycles. The molecular formula is C17H31N3. The van der Waals surface area contributed by atoms with E-state index in [4.69, 9.17) is 0 Å². The summed E-state index contributed by atoms with van der Waals surface area (Å²) >= 11 is 0. The molecule has 1 aliphatic carbocycles. The molecule has 1 N–H and O–H groups in total. The Bertz CT molecular complexity index is 361. The highest BCUT2D eigenvalue weighted by atomic mass is 15.2. The van der Waals surface area contributed by atoms with Crippen LogP contribution < -0.4 is 5.32 Å². The highest BCUT2D eigenvalue weighted by Gasteiger charge is 2.45. The number of nitrogens with one attached hydrogen (secondary N) is 1. The second-order valence-corrected chi connectivity index (χ2v) is 7.88. The number of likely N-dealkylation sites (tertiary alicyclic amines) is 1. The molecule has 0 amide bonds. The smallest absolute Gasteiger partial charge is 0.122 e. The first-order valence-corrected chi connectivity index (χ1v) is 8.24. The topological polar surface area (TPSA) is 39.1 Å². The molecule has 20 heavy (non-hydrogen) atoms. The lowest BCUT2D eigenvalue weighted by molar-refractivity contribution is 0.187. The van der Waals surface area contributed by atoms with Gasteiger partial charge in [0, 0.05) is 6.54 Å². The van der Waals surface area contributed by atoms with Crippen LogP contribution in [-0.4, -0.2) is 37.1 Å². The van der Waals surface area contributed by atoms with Crippen LogP contribution in [0.2, 0.25) is 0 Å². The molecule has 0 radical (unpaired) electrons. The van der Waals surface area contributed by atoms with Gasteiger partial charge in [-0.2, -0.15) is 5.26 Å². The number of hydrogen-bond acceptors (Lipinski definition) is 3. The van der Waals surface area contributed by atoms with Crippen LogP contribution >= 0.6 is 0 Å². The summed E-state index contributed by atoms with van der Waals surface area (Å²) < 4.78 is 0. The maximum Gasteiger partial charge on any atom is 0.122 e. The zero-order valence-corrected chi connectivity index (χ0v) is 13.7. The fourth-order valence-electron chi connectivity index (χ4n) is 3.70. The molecule has 2 unspecified atom stereocenters. The van der Waals surface area contributed by atoms with E-state index >= 15 is 0 Å². The van der Waals surface area contributed by atoms with Crippen molar-refractivity contribution < 1.29 is 0 Å². The lowest BCUT2D eigenvalue weighted by Gasteiger charge is -2.33. The minimum Gasteiger partial charge on any atom is -0.301 e. The largest absolute Gasteiger partial charge is 0.301 e. The second kappa shape index (κ2) is 6.03. The first-order valence-electron chi connectivity index (χ1n) is 8.24. The van der Waals surface area contributed by atoms with E-state index in [1.54, 1.807) is 0 Å². The molecule has 1 saturated heterocycles. The lowest BCUT2D eigenvalue weighted by atomic mass is 9.77. The van der Waals surface area contributed by atoms with Gasteiger partial charge in [0.1, 0.15) is 5.54 Å². The summed E-state index contributed by atoms with van der Waals surface area (Å²) in [5.74, 6) is 1.39. The van der Waals surface area contributed by atoms with Crippen molar-refractivity contribution in [1.82, 2.24) is 10.2 Å². The van der Waals surface area contributed by atoms with Crippen molar-refractivity contribution in [3.8, 4) is 6.07 Å². The average Bonchev–Trinajstić information content (AvgIpc) is 3.22. The number of likely N-dealkylation sites (N-methyl/N-ethyl adjacent to an activating group) is 1. The van der Waals surface area contributed by atoms with Crippen LogP contribution in [-0.2, 0) is 0 Å². The fourth-order valence-corrected chi connectivity index (χ4v) is 3.70. The maximum atomic E-state index is 9.63. The summed E-state index contributed by atoms with van der Waals surface area (Å²) in [6.45, 7) is 10.3.